The van der Waals surface area contributed by atoms with Crippen LogP contribution in [0, 0.1) is 5.92 Å². The molecule has 2 aliphatic rings. The first kappa shape index (κ1) is 20.5. The topological polar surface area (TPSA) is 62.6 Å². The molecule has 0 unspecified atom stereocenters. The van der Waals surface area contributed by atoms with Crippen LogP contribution in [0.4, 0.5) is 5.69 Å². The predicted molar refractivity (Wildman–Crippen MR) is 116 cm³/mol. The highest BCUT2D eigenvalue weighted by Gasteiger charge is 2.35. The molecule has 6 nitrogen and oxygen atoms in total. The molecule has 1 aromatic heterocycles. The van der Waals surface area contributed by atoms with Gasteiger partial charge in [-0.2, -0.15) is 4.31 Å². The van der Waals surface area contributed by atoms with Gasteiger partial charge in [-0.25, -0.2) is 8.42 Å². The number of benzene rings is 1. The Morgan fingerprint density at radius 3 is 2.48 bits per heavy atom. The first-order valence-corrected chi connectivity index (χ1v) is 12.4. The van der Waals surface area contributed by atoms with Crippen molar-refractivity contribution in [2.75, 3.05) is 24.5 Å². The van der Waals surface area contributed by atoms with Gasteiger partial charge < -0.3 is 9.47 Å². The fourth-order valence-electron chi connectivity index (χ4n) is 4.06. The molecule has 0 N–H and O–H groups in total. The Morgan fingerprint density at radius 2 is 1.79 bits per heavy atom. The molecule has 0 saturated carbocycles. The summed E-state index contributed by atoms with van der Waals surface area (Å²) in [5.74, 6) is -0.00686. The lowest BCUT2D eigenvalue weighted by molar-refractivity contribution is -0.123. The number of piperidine rings is 1. The van der Waals surface area contributed by atoms with Gasteiger partial charge in [-0.15, -0.1) is 11.8 Å². The van der Waals surface area contributed by atoms with Gasteiger partial charge in [-0.05, 0) is 37.5 Å². The van der Waals surface area contributed by atoms with Crippen molar-refractivity contribution >= 4 is 33.4 Å². The number of nitrogens with zero attached hydrogens (tertiary/aromatic N) is 3. The third-order valence-corrected chi connectivity index (χ3v) is 8.87. The number of fused-ring (bicyclic) bond motifs is 1. The first-order chi connectivity index (χ1) is 13.9. The summed E-state index contributed by atoms with van der Waals surface area (Å²) in [6, 6.07) is 9.72. The number of aromatic nitrogens is 1. The van der Waals surface area contributed by atoms with Crippen LogP contribution >= 0.6 is 11.8 Å². The monoisotopic (exact) mass is 433 g/mol. The number of para-hydroxylation sites is 1. The summed E-state index contributed by atoms with van der Waals surface area (Å²) in [5.41, 5.74) is 0.992. The van der Waals surface area contributed by atoms with Crippen molar-refractivity contribution in [3.63, 3.8) is 0 Å². The third kappa shape index (κ3) is 4.11. The lowest BCUT2D eigenvalue weighted by Crippen LogP contribution is -2.44. The van der Waals surface area contributed by atoms with Crippen LogP contribution in [0.5, 0.6) is 0 Å². The summed E-state index contributed by atoms with van der Waals surface area (Å²) in [7, 11) is -1.69. The lowest BCUT2D eigenvalue weighted by Gasteiger charge is -2.33. The van der Waals surface area contributed by atoms with Crippen LogP contribution in [0.15, 0.2) is 52.5 Å². The molecule has 1 saturated heterocycles. The summed E-state index contributed by atoms with van der Waals surface area (Å²) in [5, 5.41) is 0.465. The molecule has 0 aliphatic carbocycles. The standard InChI is InChI=1S/C21H27N3O3S2/c1-16-7-14-24(19-5-3-4-6-20(19)28-16)21(25)17-8-12-23(13-9-17)29(26,27)18-10-11-22(2)15-18/h3-6,10-11,15-17H,7-9,12-14H2,1-2H3/t16-/m1/s1. The molecule has 2 aliphatic heterocycles. The number of aryl methyl sites for hydroxylation is 1. The molecule has 1 aromatic carbocycles. The minimum absolute atomic E-state index is 0.129. The fourth-order valence-corrected chi connectivity index (χ4v) is 6.69. The molecule has 4 rings (SSSR count). The van der Waals surface area contributed by atoms with E-state index in [-0.39, 0.29) is 11.8 Å². The normalized spacial score (nSPS) is 21.6. The number of hydrogen-bond acceptors (Lipinski definition) is 4. The molecule has 0 bridgehead atoms. The quantitative estimate of drug-likeness (QED) is 0.745. The second-order valence-corrected chi connectivity index (χ2v) is 11.3. The number of amides is 1. The van der Waals surface area contributed by atoms with Crippen LogP contribution in [-0.4, -0.2) is 48.1 Å². The van der Waals surface area contributed by atoms with Crippen molar-refractivity contribution in [1.82, 2.24) is 8.87 Å². The highest BCUT2D eigenvalue weighted by Crippen LogP contribution is 2.38. The van der Waals surface area contributed by atoms with Crippen LogP contribution in [-0.2, 0) is 21.9 Å². The molecule has 3 heterocycles. The van der Waals surface area contributed by atoms with Crippen molar-refractivity contribution in [3.8, 4) is 0 Å². The molecule has 1 amide bonds. The smallest absolute Gasteiger partial charge is 0.244 e. The van der Waals surface area contributed by atoms with Gasteiger partial charge in [0.15, 0.2) is 0 Å². The van der Waals surface area contributed by atoms with Gasteiger partial charge in [0.25, 0.3) is 0 Å². The summed E-state index contributed by atoms with van der Waals surface area (Å²) in [4.78, 5) is 16.7. The lowest BCUT2D eigenvalue weighted by atomic mass is 9.96. The minimum atomic E-state index is -3.49. The Kier molecular flexibility index (Phi) is 5.77. The molecule has 1 atom stereocenters. The number of hydrogen-bond donors (Lipinski definition) is 0. The van der Waals surface area contributed by atoms with Gasteiger partial charge in [-0.1, -0.05) is 19.1 Å². The van der Waals surface area contributed by atoms with E-state index in [0.29, 0.717) is 42.6 Å². The number of sulfonamides is 1. The van der Waals surface area contributed by atoms with Crippen molar-refractivity contribution in [2.45, 2.75) is 41.2 Å². The molecule has 0 radical (unpaired) electrons. The molecule has 0 spiro atoms. The van der Waals surface area contributed by atoms with E-state index in [9.17, 15) is 13.2 Å². The number of rotatable bonds is 3. The number of thioether (sulfide) groups is 1. The zero-order chi connectivity index (χ0) is 20.6. The maximum Gasteiger partial charge on any atom is 0.244 e. The van der Waals surface area contributed by atoms with E-state index < -0.39 is 10.0 Å². The van der Waals surface area contributed by atoms with Crippen LogP contribution in [0.3, 0.4) is 0 Å². The average Bonchev–Trinajstić information content (AvgIpc) is 3.08. The number of anilines is 1. The van der Waals surface area contributed by atoms with Crippen molar-refractivity contribution in [1.29, 1.82) is 0 Å². The van der Waals surface area contributed by atoms with Gasteiger partial charge in [0.2, 0.25) is 15.9 Å². The highest BCUT2D eigenvalue weighted by molar-refractivity contribution is 8.00. The van der Waals surface area contributed by atoms with E-state index in [1.54, 1.807) is 23.0 Å². The van der Waals surface area contributed by atoms with Gasteiger partial charge in [0.05, 0.1) is 10.6 Å². The molecular formula is C21H27N3O3S2. The fraction of sp³-hybridized carbons (Fsp3) is 0.476. The summed E-state index contributed by atoms with van der Waals surface area (Å²) in [6.07, 6.45) is 5.43. The van der Waals surface area contributed by atoms with E-state index in [1.807, 2.05) is 41.9 Å². The van der Waals surface area contributed by atoms with Crippen LogP contribution in [0.25, 0.3) is 0 Å². The number of carbonyl (C=O) groups is 1. The Balaban J connectivity index is 1.47. The maximum atomic E-state index is 13.4. The highest BCUT2D eigenvalue weighted by atomic mass is 32.2. The Hall–Kier alpha value is -1.77. The zero-order valence-electron chi connectivity index (χ0n) is 16.8. The van der Waals surface area contributed by atoms with Crippen molar-refractivity contribution in [3.05, 3.63) is 42.7 Å². The predicted octanol–water partition coefficient (Wildman–Crippen LogP) is 3.34. The molecule has 1 fully saturated rings. The summed E-state index contributed by atoms with van der Waals surface area (Å²) < 4.78 is 28.9. The Labute approximate surface area is 176 Å². The average molecular weight is 434 g/mol. The second-order valence-electron chi connectivity index (χ2n) is 7.87. The van der Waals surface area contributed by atoms with E-state index in [2.05, 4.69) is 13.0 Å². The van der Waals surface area contributed by atoms with E-state index in [0.717, 1.165) is 17.0 Å². The second kappa shape index (κ2) is 8.16. The van der Waals surface area contributed by atoms with Crippen molar-refractivity contribution < 1.29 is 13.2 Å². The number of carbonyl (C=O) groups excluding carboxylic acids is 1. The van der Waals surface area contributed by atoms with E-state index in [4.69, 9.17) is 0 Å². The van der Waals surface area contributed by atoms with Gasteiger partial charge in [0.1, 0.15) is 0 Å². The van der Waals surface area contributed by atoms with Gasteiger partial charge in [-0.3, -0.25) is 4.79 Å². The first-order valence-electron chi connectivity index (χ1n) is 10.1. The van der Waals surface area contributed by atoms with Gasteiger partial charge in [0, 0.05) is 55.1 Å². The van der Waals surface area contributed by atoms with E-state index >= 15 is 0 Å². The minimum Gasteiger partial charge on any atom is -0.356 e. The molecular weight excluding hydrogens is 406 g/mol. The Bertz CT molecular complexity index is 994. The van der Waals surface area contributed by atoms with E-state index in [1.165, 1.54) is 4.31 Å². The van der Waals surface area contributed by atoms with Crippen LogP contribution in [0.1, 0.15) is 26.2 Å². The molecule has 2 aromatic rings. The maximum absolute atomic E-state index is 13.4. The molecule has 29 heavy (non-hydrogen) atoms. The SMILES string of the molecule is C[C@@H]1CCN(C(=O)C2CCN(S(=O)(=O)c3ccn(C)c3)CC2)c2ccccc2S1. The zero-order valence-corrected chi connectivity index (χ0v) is 18.5. The van der Waals surface area contributed by atoms with Crippen LogP contribution < -0.4 is 4.90 Å². The Morgan fingerprint density at radius 1 is 1.07 bits per heavy atom. The summed E-state index contributed by atoms with van der Waals surface area (Å²) in [6.45, 7) is 3.68. The summed E-state index contributed by atoms with van der Waals surface area (Å²) >= 11 is 1.82. The molecule has 8 heteroatoms. The van der Waals surface area contributed by atoms with Crippen LogP contribution in [0.2, 0.25) is 0 Å². The molecule has 156 valence electrons. The third-order valence-electron chi connectivity index (χ3n) is 5.76. The van der Waals surface area contributed by atoms with Crippen molar-refractivity contribution in [2.24, 2.45) is 13.0 Å². The largest absolute Gasteiger partial charge is 0.356 e. The van der Waals surface area contributed by atoms with Gasteiger partial charge >= 0.3 is 0 Å².